The Bertz CT molecular complexity index is 1100. The van der Waals surface area contributed by atoms with Crippen LogP contribution in [0, 0.1) is 0 Å². The summed E-state index contributed by atoms with van der Waals surface area (Å²) >= 11 is 0. The first-order chi connectivity index (χ1) is 18.4. The number of primary amides is 1. The summed E-state index contributed by atoms with van der Waals surface area (Å²) in [6.07, 6.45) is 11.9. The number of methoxy groups -OCH3 is 1. The van der Waals surface area contributed by atoms with Crippen molar-refractivity contribution in [2.75, 3.05) is 20.2 Å². The maximum atomic E-state index is 12.5. The van der Waals surface area contributed by atoms with Gasteiger partial charge < -0.3 is 20.1 Å². The van der Waals surface area contributed by atoms with E-state index in [2.05, 4.69) is 35.1 Å². The molecule has 0 aromatic heterocycles. The van der Waals surface area contributed by atoms with Crippen molar-refractivity contribution in [3.05, 3.63) is 95.1 Å². The lowest BCUT2D eigenvalue weighted by Crippen LogP contribution is -2.37. The Balaban J connectivity index is 0.000000304. The van der Waals surface area contributed by atoms with Gasteiger partial charge in [-0.2, -0.15) is 0 Å². The molecule has 38 heavy (non-hydrogen) atoms. The van der Waals surface area contributed by atoms with Crippen LogP contribution in [0.2, 0.25) is 0 Å². The molecule has 0 atom stereocenters. The van der Waals surface area contributed by atoms with Crippen molar-refractivity contribution in [1.29, 1.82) is 0 Å². The number of piperidine rings is 1. The average molecular weight is 519 g/mol. The Morgan fingerprint density at radius 3 is 2.26 bits per heavy atom. The zero-order chi connectivity index (χ0) is 27.2. The highest BCUT2D eigenvalue weighted by Gasteiger charge is 2.23. The predicted octanol–water partition coefficient (Wildman–Crippen LogP) is 5.45. The first-order valence-electron chi connectivity index (χ1n) is 13.2. The molecule has 1 aliphatic heterocycles. The van der Waals surface area contributed by atoms with E-state index >= 15 is 0 Å². The normalized spacial score (nSPS) is 15.1. The molecule has 0 radical (unpaired) electrons. The number of hydrogen-bond donors (Lipinski definition) is 1. The van der Waals surface area contributed by atoms with Crippen molar-refractivity contribution in [2.24, 2.45) is 5.73 Å². The molecule has 2 N–H and O–H groups in total. The fraction of sp³-hybridized carbons (Fsp3) is 0.387. The van der Waals surface area contributed by atoms with Crippen LogP contribution in [0.4, 0.5) is 4.79 Å². The van der Waals surface area contributed by atoms with Gasteiger partial charge in [0, 0.05) is 19.5 Å². The van der Waals surface area contributed by atoms with Crippen LogP contribution in [-0.2, 0) is 32.1 Å². The third-order valence-electron chi connectivity index (χ3n) is 6.80. The first-order valence-corrected chi connectivity index (χ1v) is 13.2. The largest absolute Gasteiger partial charge is 0.469 e. The molecule has 1 aliphatic carbocycles. The van der Waals surface area contributed by atoms with Gasteiger partial charge in [-0.3, -0.25) is 9.59 Å². The summed E-state index contributed by atoms with van der Waals surface area (Å²) in [7, 11) is 1.41. The minimum atomic E-state index is -0.742. The minimum Gasteiger partial charge on any atom is -0.469 e. The van der Waals surface area contributed by atoms with Gasteiger partial charge in [0.2, 0.25) is 5.91 Å². The number of carbonyl (C=O) groups excluding carboxylic acids is 3. The summed E-state index contributed by atoms with van der Waals surface area (Å²) in [5.41, 5.74) is 9.29. The van der Waals surface area contributed by atoms with Crippen molar-refractivity contribution >= 4 is 18.0 Å². The average Bonchev–Trinajstić information content (AvgIpc) is 2.96. The summed E-state index contributed by atoms with van der Waals surface area (Å²) in [5.74, 6) is 0.556. The quantitative estimate of drug-likeness (QED) is 0.469. The predicted molar refractivity (Wildman–Crippen MR) is 147 cm³/mol. The molecule has 202 valence electrons. The van der Waals surface area contributed by atoms with E-state index in [0.717, 1.165) is 56.3 Å². The summed E-state index contributed by atoms with van der Waals surface area (Å²) in [6.45, 7) is 1.92. The lowest BCUT2D eigenvalue weighted by Gasteiger charge is -2.32. The highest BCUT2D eigenvalue weighted by atomic mass is 16.5. The van der Waals surface area contributed by atoms with Crippen LogP contribution in [0.15, 0.2) is 78.4 Å². The Morgan fingerprint density at radius 1 is 0.947 bits per heavy atom. The Morgan fingerprint density at radius 2 is 1.66 bits per heavy atom. The van der Waals surface area contributed by atoms with Crippen LogP contribution in [0.3, 0.4) is 0 Å². The second-order valence-electron chi connectivity index (χ2n) is 9.50. The highest BCUT2D eigenvalue weighted by Crippen LogP contribution is 2.29. The topological polar surface area (TPSA) is 98.9 Å². The molecule has 2 aromatic rings. The van der Waals surface area contributed by atoms with E-state index in [1.807, 2.05) is 47.4 Å². The lowest BCUT2D eigenvalue weighted by atomic mass is 9.88. The molecule has 1 heterocycles. The third-order valence-corrected chi connectivity index (χ3v) is 6.80. The molecule has 1 fully saturated rings. The van der Waals surface area contributed by atoms with Gasteiger partial charge in [0.15, 0.2) is 0 Å². The second-order valence-corrected chi connectivity index (χ2v) is 9.50. The number of nitrogens with zero attached hydrogens (tertiary/aromatic N) is 1. The molecular formula is C31H38N2O5. The number of esters is 1. The molecular weight excluding hydrogens is 480 g/mol. The van der Waals surface area contributed by atoms with Gasteiger partial charge in [-0.25, -0.2) is 4.79 Å². The van der Waals surface area contributed by atoms with Crippen LogP contribution >= 0.6 is 0 Å². The molecule has 0 saturated carbocycles. The highest BCUT2D eigenvalue weighted by molar-refractivity contribution is 5.76. The number of benzene rings is 2. The summed E-state index contributed by atoms with van der Waals surface area (Å²) in [6, 6.07) is 17.6. The van der Waals surface area contributed by atoms with E-state index in [1.165, 1.54) is 18.2 Å². The summed E-state index contributed by atoms with van der Waals surface area (Å²) in [5, 5.41) is 0. The standard InChI is InChI=1S/C23H29NO3.C8H9NO2/c1-27-23(26)17-19-7-10-20(11-8-19)21-13-15-24(16-14-21)22(25)12-9-18-5-3-2-4-6-18;9-8(10)11-6-7-4-2-1-3-5-7/h3,5-8,10-11,21H,2,4,9,12-17H2,1H3;1-5H,6H2,(H2,9,10). The Labute approximate surface area is 225 Å². The van der Waals surface area contributed by atoms with Crippen LogP contribution in [0.5, 0.6) is 0 Å². The van der Waals surface area contributed by atoms with E-state index in [-0.39, 0.29) is 18.5 Å². The van der Waals surface area contributed by atoms with E-state index in [9.17, 15) is 14.4 Å². The van der Waals surface area contributed by atoms with E-state index in [0.29, 0.717) is 18.8 Å². The smallest absolute Gasteiger partial charge is 0.404 e. The summed E-state index contributed by atoms with van der Waals surface area (Å²) < 4.78 is 9.28. The number of amides is 2. The number of likely N-dealkylation sites (tertiary alicyclic amines) is 1. The van der Waals surface area contributed by atoms with Gasteiger partial charge in [-0.15, -0.1) is 0 Å². The van der Waals surface area contributed by atoms with E-state index in [1.54, 1.807) is 0 Å². The molecule has 0 spiro atoms. The van der Waals surface area contributed by atoms with Crippen LogP contribution in [0.1, 0.15) is 61.1 Å². The Hall–Kier alpha value is -3.87. The van der Waals surface area contributed by atoms with Crippen molar-refractivity contribution in [2.45, 2.75) is 57.5 Å². The fourth-order valence-corrected chi connectivity index (χ4v) is 4.60. The number of allylic oxidation sites excluding steroid dienone is 4. The van der Waals surface area contributed by atoms with Gasteiger partial charge >= 0.3 is 12.1 Å². The van der Waals surface area contributed by atoms with E-state index in [4.69, 9.17) is 10.5 Å². The molecule has 7 nitrogen and oxygen atoms in total. The molecule has 2 aromatic carbocycles. The van der Waals surface area contributed by atoms with Crippen LogP contribution < -0.4 is 5.73 Å². The van der Waals surface area contributed by atoms with Gasteiger partial charge in [0.1, 0.15) is 6.61 Å². The van der Waals surface area contributed by atoms with Crippen molar-refractivity contribution in [1.82, 2.24) is 4.90 Å². The maximum Gasteiger partial charge on any atom is 0.404 e. The van der Waals surface area contributed by atoms with Crippen LogP contribution in [-0.4, -0.2) is 43.1 Å². The molecule has 2 aliphatic rings. The SMILES string of the molecule is COC(=O)Cc1ccc(C2CCN(C(=O)CCC3=CCCC=C3)CC2)cc1.NC(=O)OCc1ccccc1. The monoisotopic (exact) mass is 518 g/mol. The zero-order valence-corrected chi connectivity index (χ0v) is 22.1. The van der Waals surface area contributed by atoms with Crippen molar-refractivity contribution < 1.29 is 23.9 Å². The fourth-order valence-electron chi connectivity index (χ4n) is 4.60. The molecule has 4 rings (SSSR count). The Kier molecular flexibility index (Phi) is 11.6. The zero-order valence-electron chi connectivity index (χ0n) is 22.1. The molecule has 1 saturated heterocycles. The second kappa shape index (κ2) is 15.4. The summed E-state index contributed by atoms with van der Waals surface area (Å²) in [4.78, 5) is 36.0. The maximum absolute atomic E-state index is 12.5. The third kappa shape index (κ3) is 9.88. The van der Waals surface area contributed by atoms with Crippen molar-refractivity contribution in [3.63, 3.8) is 0 Å². The van der Waals surface area contributed by atoms with Gasteiger partial charge in [-0.05, 0) is 54.7 Å². The van der Waals surface area contributed by atoms with Crippen LogP contribution in [0.25, 0.3) is 0 Å². The molecule has 0 bridgehead atoms. The molecule has 7 heteroatoms. The number of nitrogens with two attached hydrogens (primary N) is 1. The number of hydrogen-bond acceptors (Lipinski definition) is 5. The molecule has 2 amide bonds. The van der Waals surface area contributed by atoms with Crippen molar-refractivity contribution in [3.8, 4) is 0 Å². The van der Waals surface area contributed by atoms with E-state index < -0.39 is 6.09 Å². The number of rotatable bonds is 8. The van der Waals surface area contributed by atoms with Gasteiger partial charge in [0.25, 0.3) is 0 Å². The lowest BCUT2D eigenvalue weighted by molar-refractivity contribution is -0.139. The molecule has 0 unspecified atom stereocenters. The van der Waals surface area contributed by atoms with Gasteiger partial charge in [-0.1, -0.05) is 78.4 Å². The minimum absolute atomic E-state index is 0.214. The number of carbonyl (C=O) groups is 3. The van der Waals surface area contributed by atoms with Gasteiger partial charge in [0.05, 0.1) is 13.5 Å². The first kappa shape index (κ1) is 28.7. The number of ether oxygens (including phenoxy) is 2.